The summed E-state index contributed by atoms with van der Waals surface area (Å²) in [6.07, 6.45) is 0. The fourth-order valence-corrected chi connectivity index (χ4v) is 2.54. The highest BCUT2D eigenvalue weighted by Gasteiger charge is 2.20. The quantitative estimate of drug-likeness (QED) is 0.803. The van der Waals surface area contributed by atoms with Gasteiger partial charge < -0.3 is 5.32 Å². The molecule has 0 bridgehead atoms. The van der Waals surface area contributed by atoms with E-state index in [9.17, 15) is 0 Å². The minimum absolute atomic E-state index is 0.437. The second kappa shape index (κ2) is 4.51. The van der Waals surface area contributed by atoms with Gasteiger partial charge in [0.25, 0.3) is 0 Å². The summed E-state index contributed by atoms with van der Waals surface area (Å²) in [6.45, 7) is 2.92. The Hall–Kier alpha value is -0.960. The lowest BCUT2D eigenvalue weighted by Crippen LogP contribution is -2.19. The molecular formula is C11H14N2S. The van der Waals surface area contributed by atoms with Gasteiger partial charge >= 0.3 is 0 Å². The van der Waals surface area contributed by atoms with Crippen molar-refractivity contribution in [3.8, 4) is 0 Å². The molecule has 1 unspecified atom stereocenters. The zero-order chi connectivity index (χ0) is 9.80. The second-order valence-electron chi connectivity index (χ2n) is 3.20. The molecule has 0 aromatic heterocycles. The summed E-state index contributed by atoms with van der Waals surface area (Å²) >= 11 is 1.81. The number of nitrogens with zero attached hydrogens (tertiary/aromatic N) is 1. The molecule has 74 valence electrons. The molecule has 0 radical (unpaired) electrons. The van der Waals surface area contributed by atoms with Gasteiger partial charge in [0.2, 0.25) is 0 Å². The molecular weight excluding hydrogens is 192 g/mol. The maximum Gasteiger partial charge on any atom is 0.157 e. The Morgan fingerprint density at radius 3 is 2.93 bits per heavy atom. The third-order valence-electron chi connectivity index (χ3n) is 2.19. The lowest BCUT2D eigenvalue weighted by Gasteiger charge is -2.09. The molecule has 1 aliphatic rings. The molecule has 1 heterocycles. The normalized spacial score (nSPS) is 23.8. The number of nitrogens with one attached hydrogen (secondary N) is 1. The first kappa shape index (κ1) is 9.59. The van der Waals surface area contributed by atoms with Gasteiger partial charge in [0.05, 0.1) is 6.04 Å². The number of aliphatic imine (C=N–C) groups is 1. The molecule has 0 saturated carbocycles. The zero-order valence-electron chi connectivity index (χ0n) is 8.23. The van der Waals surface area contributed by atoms with Crippen LogP contribution in [0.1, 0.15) is 18.5 Å². The van der Waals surface area contributed by atoms with Gasteiger partial charge in [-0.2, -0.15) is 0 Å². The number of amidine groups is 1. The number of benzene rings is 1. The van der Waals surface area contributed by atoms with E-state index < -0.39 is 0 Å². The minimum atomic E-state index is 0.437. The van der Waals surface area contributed by atoms with Crippen LogP contribution in [0.2, 0.25) is 0 Å². The van der Waals surface area contributed by atoms with Gasteiger partial charge in [-0.05, 0) is 12.5 Å². The molecule has 1 atom stereocenters. The Bertz CT molecular complexity index is 321. The third kappa shape index (κ3) is 2.10. The van der Waals surface area contributed by atoms with E-state index in [1.54, 1.807) is 0 Å². The average molecular weight is 206 g/mol. The van der Waals surface area contributed by atoms with Gasteiger partial charge in [-0.15, -0.1) is 0 Å². The van der Waals surface area contributed by atoms with Crippen LogP contribution in [0.4, 0.5) is 0 Å². The van der Waals surface area contributed by atoms with E-state index in [4.69, 9.17) is 0 Å². The molecule has 1 aromatic rings. The van der Waals surface area contributed by atoms with Crippen molar-refractivity contribution >= 4 is 16.9 Å². The first-order valence-electron chi connectivity index (χ1n) is 4.89. The Morgan fingerprint density at radius 1 is 1.43 bits per heavy atom. The summed E-state index contributed by atoms with van der Waals surface area (Å²) in [4.78, 5) is 4.37. The average Bonchev–Trinajstić information content (AvgIpc) is 2.68. The molecule has 14 heavy (non-hydrogen) atoms. The molecule has 1 aliphatic heterocycles. The van der Waals surface area contributed by atoms with Crippen molar-refractivity contribution in [2.45, 2.75) is 13.0 Å². The van der Waals surface area contributed by atoms with Gasteiger partial charge in [0.15, 0.2) is 5.17 Å². The number of hydrogen-bond donors (Lipinski definition) is 1. The van der Waals surface area contributed by atoms with Crippen molar-refractivity contribution < 1.29 is 0 Å². The van der Waals surface area contributed by atoms with Gasteiger partial charge in [0, 0.05) is 12.3 Å². The molecule has 0 spiro atoms. The van der Waals surface area contributed by atoms with E-state index in [0.29, 0.717) is 6.04 Å². The summed E-state index contributed by atoms with van der Waals surface area (Å²) in [5.41, 5.74) is 1.35. The van der Waals surface area contributed by atoms with Crippen molar-refractivity contribution in [1.29, 1.82) is 0 Å². The van der Waals surface area contributed by atoms with E-state index in [2.05, 4.69) is 41.5 Å². The molecule has 2 nitrogen and oxygen atoms in total. The van der Waals surface area contributed by atoms with Crippen molar-refractivity contribution in [2.75, 3.05) is 12.3 Å². The molecule has 0 aliphatic carbocycles. The van der Waals surface area contributed by atoms with E-state index in [0.717, 1.165) is 17.5 Å². The molecule has 2 rings (SSSR count). The predicted molar refractivity (Wildman–Crippen MR) is 62.8 cm³/mol. The highest BCUT2D eigenvalue weighted by Crippen LogP contribution is 2.25. The van der Waals surface area contributed by atoms with E-state index in [-0.39, 0.29) is 0 Å². The van der Waals surface area contributed by atoms with Crippen LogP contribution in [-0.4, -0.2) is 17.5 Å². The summed E-state index contributed by atoms with van der Waals surface area (Å²) in [5, 5.41) is 4.51. The standard InChI is InChI=1S/C11H14N2S/c1-2-12-11-13-10(8-14-11)9-6-4-3-5-7-9/h3-7,10H,2,8H2,1H3,(H,12,13). The van der Waals surface area contributed by atoms with Crippen molar-refractivity contribution in [2.24, 2.45) is 4.99 Å². The van der Waals surface area contributed by atoms with Gasteiger partial charge in [-0.25, -0.2) is 0 Å². The SMILES string of the molecule is CCN=C1NC(c2ccccc2)CS1. The third-order valence-corrected chi connectivity index (χ3v) is 3.21. The van der Waals surface area contributed by atoms with Crippen LogP contribution in [0, 0.1) is 0 Å². The second-order valence-corrected chi connectivity index (χ2v) is 4.21. The first-order valence-corrected chi connectivity index (χ1v) is 5.87. The van der Waals surface area contributed by atoms with Crippen LogP contribution in [0.3, 0.4) is 0 Å². The first-order chi connectivity index (χ1) is 6.90. The Balaban J connectivity index is 2.06. The molecule has 1 saturated heterocycles. The summed E-state index contributed by atoms with van der Waals surface area (Å²) in [5.74, 6) is 1.09. The van der Waals surface area contributed by atoms with E-state index >= 15 is 0 Å². The fourth-order valence-electron chi connectivity index (χ4n) is 1.49. The zero-order valence-corrected chi connectivity index (χ0v) is 9.05. The van der Waals surface area contributed by atoms with Crippen molar-refractivity contribution in [3.05, 3.63) is 35.9 Å². The van der Waals surface area contributed by atoms with E-state index in [1.165, 1.54) is 5.56 Å². The Kier molecular flexibility index (Phi) is 3.09. The Labute approximate surface area is 88.8 Å². The molecule has 0 amide bonds. The lowest BCUT2D eigenvalue weighted by molar-refractivity contribution is 0.749. The van der Waals surface area contributed by atoms with Gasteiger partial charge in [-0.1, -0.05) is 42.1 Å². The van der Waals surface area contributed by atoms with Crippen LogP contribution in [0.15, 0.2) is 35.3 Å². The highest BCUT2D eigenvalue weighted by molar-refractivity contribution is 8.14. The summed E-state index contributed by atoms with van der Waals surface area (Å²) < 4.78 is 0. The number of rotatable bonds is 2. The van der Waals surface area contributed by atoms with Crippen LogP contribution in [0.5, 0.6) is 0 Å². The predicted octanol–water partition coefficient (Wildman–Crippen LogP) is 2.44. The maximum absolute atomic E-state index is 4.37. The number of thioether (sulfide) groups is 1. The Morgan fingerprint density at radius 2 is 2.21 bits per heavy atom. The molecule has 3 heteroatoms. The number of hydrogen-bond acceptors (Lipinski definition) is 2. The molecule has 1 N–H and O–H groups in total. The van der Waals surface area contributed by atoms with E-state index in [1.807, 2.05) is 17.8 Å². The topological polar surface area (TPSA) is 24.4 Å². The monoisotopic (exact) mass is 206 g/mol. The fraction of sp³-hybridized carbons (Fsp3) is 0.364. The summed E-state index contributed by atoms with van der Waals surface area (Å²) in [7, 11) is 0. The highest BCUT2D eigenvalue weighted by atomic mass is 32.2. The maximum atomic E-state index is 4.37. The molecule has 1 aromatic carbocycles. The van der Waals surface area contributed by atoms with Gasteiger partial charge in [-0.3, -0.25) is 4.99 Å². The van der Waals surface area contributed by atoms with Crippen LogP contribution < -0.4 is 5.32 Å². The van der Waals surface area contributed by atoms with Crippen LogP contribution in [0.25, 0.3) is 0 Å². The van der Waals surface area contributed by atoms with Gasteiger partial charge in [0.1, 0.15) is 0 Å². The summed E-state index contributed by atoms with van der Waals surface area (Å²) in [6, 6.07) is 11.0. The van der Waals surface area contributed by atoms with Crippen molar-refractivity contribution in [1.82, 2.24) is 5.32 Å². The smallest absolute Gasteiger partial charge is 0.157 e. The van der Waals surface area contributed by atoms with Crippen LogP contribution >= 0.6 is 11.8 Å². The van der Waals surface area contributed by atoms with Crippen LogP contribution in [-0.2, 0) is 0 Å². The van der Waals surface area contributed by atoms with Crippen molar-refractivity contribution in [3.63, 3.8) is 0 Å². The molecule has 1 fully saturated rings. The lowest BCUT2D eigenvalue weighted by atomic mass is 10.1. The largest absolute Gasteiger partial charge is 0.357 e. The minimum Gasteiger partial charge on any atom is -0.357 e.